The van der Waals surface area contributed by atoms with Gasteiger partial charge in [0.2, 0.25) is 0 Å². The molecule has 204 valence electrons. The standard InChI is InChI=1S/C28H22ClF3N6O2/c1-36-14-23(25(35-36)28(30,31)32)20-9-16(13-37-8-6-33-15-37)10-22-18(20)5-7-38(27(22)39)24-12-34-26(29)19-4-3-17(40-2)11-21(19)24/h3-4,6,8-12,14-15H,5,7,13H2,1-2H3. The summed E-state index contributed by atoms with van der Waals surface area (Å²) in [6.45, 7) is 0.550. The minimum atomic E-state index is -4.67. The maximum absolute atomic E-state index is 14.1. The van der Waals surface area contributed by atoms with Crippen molar-refractivity contribution < 1.29 is 22.7 Å². The Labute approximate surface area is 231 Å². The first-order valence-corrected chi connectivity index (χ1v) is 12.7. The molecular weight excluding hydrogens is 545 g/mol. The van der Waals surface area contributed by atoms with Crippen molar-refractivity contribution in [1.82, 2.24) is 24.3 Å². The minimum Gasteiger partial charge on any atom is -0.497 e. The molecule has 1 aliphatic rings. The third-order valence-corrected chi connectivity index (χ3v) is 7.30. The largest absolute Gasteiger partial charge is 0.497 e. The summed E-state index contributed by atoms with van der Waals surface area (Å²) in [5.41, 5.74) is 1.32. The van der Waals surface area contributed by atoms with E-state index in [0.717, 1.165) is 4.68 Å². The van der Waals surface area contributed by atoms with Crippen LogP contribution in [-0.4, -0.2) is 43.9 Å². The highest BCUT2D eigenvalue weighted by Gasteiger charge is 2.39. The molecule has 3 aromatic heterocycles. The quantitative estimate of drug-likeness (QED) is 0.253. The maximum Gasteiger partial charge on any atom is 0.435 e. The molecule has 0 N–H and O–H groups in total. The summed E-state index contributed by atoms with van der Waals surface area (Å²) in [6, 6.07) is 8.76. The van der Waals surface area contributed by atoms with Crippen molar-refractivity contribution in [1.29, 1.82) is 0 Å². The van der Waals surface area contributed by atoms with E-state index in [1.54, 1.807) is 65.6 Å². The number of ether oxygens (including phenoxy) is 1. The highest BCUT2D eigenvalue weighted by molar-refractivity contribution is 6.35. The number of carbonyl (C=O) groups excluding carboxylic acids is 1. The predicted octanol–water partition coefficient (Wildman–Crippen LogP) is 5.76. The number of carbonyl (C=O) groups is 1. The number of nitrogens with zero attached hydrogens (tertiary/aromatic N) is 6. The van der Waals surface area contributed by atoms with Crippen molar-refractivity contribution >= 4 is 34.0 Å². The Morgan fingerprint density at radius 3 is 2.62 bits per heavy atom. The second kappa shape index (κ2) is 9.67. The van der Waals surface area contributed by atoms with E-state index in [9.17, 15) is 18.0 Å². The maximum atomic E-state index is 14.1. The van der Waals surface area contributed by atoms with Gasteiger partial charge < -0.3 is 14.2 Å². The number of aromatic nitrogens is 5. The number of benzene rings is 2. The summed E-state index contributed by atoms with van der Waals surface area (Å²) in [6.07, 6.45) is 3.51. The van der Waals surface area contributed by atoms with Crippen molar-refractivity contribution in [3.8, 4) is 16.9 Å². The van der Waals surface area contributed by atoms with Gasteiger partial charge in [-0.2, -0.15) is 18.3 Å². The van der Waals surface area contributed by atoms with Crippen molar-refractivity contribution in [3.05, 3.63) is 89.0 Å². The number of fused-ring (bicyclic) bond motifs is 2. The number of imidazole rings is 1. The zero-order valence-electron chi connectivity index (χ0n) is 21.4. The van der Waals surface area contributed by atoms with Gasteiger partial charge in [-0.25, -0.2) is 9.97 Å². The van der Waals surface area contributed by atoms with E-state index in [4.69, 9.17) is 16.3 Å². The Morgan fingerprint density at radius 1 is 1.10 bits per heavy atom. The first-order valence-electron chi connectivity index (χ1n) is 12.3. The highest BCUT2D eigenvalue weighted by atomic mass is 35.5. The Morgan fingerprint density at radius 2 is 1.90 bits per heavy atom. The van der Waals surface area contributed by atoms with Gasteiger partial charge in [-0.15, -0.1) is 0 Å². The summed E-state index contributed by atoms with van der Waals surface area (Å²) in [7, 11) is 2.99. The van der Waals surface area contributed by atoms with E-state index in [1.807, 2.05) is 0 Å². The van der Waals surface area contributed by atoms with Gasteiger partial charge in [-0.1, -0.05) is 11.6 Å². The van der Waals surface area contributed by atoms with Crippen LogP contribution in [0.25, 0.3) is 21.9 Å². The SMILES string of the molecule is COc1ccc2c(Cl)ncc(N3CCc4c(cc(Cn5ccnc5)cc4-c4cn(C)nc4C(F)(F)F)C3=O)c2c1. The summed E-state index contributed by atoms with van der Waals surface area (Å²) in [5.74, 6) is 0.239. The Balaban J connectivity index is 1.53. The fourth-order valence-electron chi connectivity index (χ4n) is 5.22. The van der Waals surface area contributed by atoms with Crippen LogP contribution >= 0.6 is 11.6 Å². The molecule has 0 radical (unpaired) electrons. The average molecular weight is 567 g/mol. The molecule has 12 heteroatoms. The topological polar surface area (TPSA) is 78.1 Å². The van der Waals surface area contributed by atoms with E-state index in [0.29, 0.717) is 57.4 Å². The summed E-state index contributed by atoms with van der Waals surface area (Å²) < 4.78 is 50.3. The van der Waals surface area contributed by atoms with Gasteiger partial charge in [0.1, 0.15) is 10.9 Å². The molecule has 1 amide bonds. The Hall–Kier alpha value is -4.38. The van der Waals surface area contributed by atoms with Gasteiger partial charge in [0.25, 0.3) is 5.91 Å². The second-order valence-electron chi connectivity index (χ2n) is 9.52. The number of hydrogen-bond acceptors (Lipinski definition) is 5. The van der Waals surface area contributed by atoms with E-state index < -0.39 is 11.9 Å². The number of hydrogen-bond donors (Lipinski definition) is 0. The van der Waals surface area contributed by atoms with E-state index in [-0.39, 0.29) is 23.2 Å². The van der Waals surface area contributed by atoms with Crippen LogP contribution in [0.4, 0.5) is 18.9 Å². The second-order valence-corrected chi connectivity index (χ2v) is 9.88. The fraction of sp³-hybridized carbons (Fsp3) is 0.214. The van der Waals surface area contributed by atoms with Crippen molar-refractivity contribution in [2.24, 2.45) is 7.05 Å². The number of aryl methyl sites for hydroxylation is 1. The molecule has 6 rings (SSSR count). The van der Waals surface area contributed by atoms with E-state index in [1.165, 1.54) is 19.4 Å². The van der Waals surface area contributed by atoms with Gasteiger partial charge in [0.15, 0.2) is 5.69 Å². The van der Waals surface area contributed by atoms with Crippen LogP contribution in [0.5, 0.6) is 5.75 Å². The van der Waals surface area contributed by atoms with Crippen LogP contribution < -0.4 is 9.64 Å². The minimum absolute atomic E-state index is 0.0664. The molecule has 4 heterocycles. The monoisotopic (exact) mass is 566 g/mol. The third-order valence-electron chi connectivity index (χ3n) is 7.00. The van der Waals surface area contributed by atoms with Gasteiger partial charge in [-0.3, -0.25) is 9.48 Å². The van der Waals surface area contributed by atoms with Crippen LogP contribution in [0.2, 0.25) is 5.15 Å². The molecular formula is C28H22ClF3N6O2. The molecule has 8 nitrogen and oxygen atoms in total. The lowest BCUT2D eigenvalue weighted by Crippen LogP contribution is -2.38. The Kier molecular flexibility index (Phi) is 6.25. The number of rotatable bonds is 5. The lowest BCUT2D eigenvalue weighted by atomic mass is 9.88. The number of methoxy groups -OCH3 is 1. The Bertz CT molecular complexity index is 1760. The lowest BCUT2D eigenvalue weighted by Gasteiger charge is -2.31. The summed E-state index contributed by atoms with van der Waals surface area (Å²) in [4.78, 5) is 24.0. The van der Waals surface area contributed by atoms with Crippen molar-refractivity contribution in [2.45, 2.75) is 19.1 Å². The molecule has 0 aliphatic carbocycles. The molecule has 5 aromatic rings. The van der Waals surface area contributed by atoms with Gasteiger partial charge in [0.05, 0.1) is 25.3 Å². The van der Waals surface area contributed by atoms with Gasteiger partial charge >= 0.3 is 6.18 Å². The van der Waals surface area contributed by atoms with Crippen LogP contribution in [0.1, 0.15) is 27.2 Å². The summed E-state index contributed by atoms with van der Waals surface area (Å²) >= 11 is 6.35. The smallest absolute Gasteiger partial charge is 0.435 e. The van der Waals surface area contributed by atoms with E-state index >= 15 is 0 Å². The molecule has 0 spiro atoms. The lowest BCUT2D eigenvalue weighted by molar-refractivity contribution is -0.140. The first kappa shape index (κ1) is 25.9. The van der Waals surface area contributed by atoms with Crippen molar-refractivity contribution in [3.63, 3.8) is 0 Å². The molecule has 0 saturated heterocycles. The average Bonchev–Trinajstić information content (AvgIpc) is 3.59. The van der Waals surface area contributed by atoms with Gasteiger partial charge in [-0.05, 0) is 53.4 Å². The fourth-order valence-corrected chi connectivity index (χ4v) is 5.44. The molecule has 0 bridgehead atoms. The van der Waals surface area contributed by atoms with Crippen LogP contribution in [-0.2, 0) is 26.2 Å². The van der Waals surface area contributed by atoms with Crippen molar-refractivity contribution in [2.75, 3.05) is 18.6 Å². The predicted molar refractivity (Wildman–Crippen MR) is 144 cm³/mol. The van der Waals surface area contributed by atoms with Crippen LogP contribution in [0.3, 0.4) is 0 Å². The molecule has 0 unspecified atom stereocenters. The number of halogens is 4. The normalized spacial score (nSPS) is 13.7. The van der Waals surface area contributed by atoms with Crippen LogP contribution in [0.15, 0.2) is 61.4 Å². The molecule has 40 heavy (non-hydrogen) atoms. The third kappa shape index (κ3) is 4.45. The molecule has 2 aromatic carbocycles. The zero-order chi connectivity index (χ0) is 28.2. The number of alkyl halides is 3. The number of pyridine rings is 1. The number of anilines is 1. The number of amides is 1. The molecule has 0 saturated carbocycles. The molecule has 0 fully saturated rings. The van der Waals surface area contributed by atoms with E-state index in [2.05, 4.69) is 15.1 Å². The highest BCUT2D eigenvalue weighted by Crippen LogP contribution is 2.41. The molecule has 1 aliphatic heterocycles. The summed E-state index contributed by atoms with van der Waals surface area (Å²) in [5, 5.41) is 5.32. The van der Waals surface area contributed by atoms with Crippen LogP contribution in [0, 0.1) is 0 Å². The first-order chi connectivity index (χ1) is 19.1. The van der Waals surface area contributed by atoms with Gasteiger partial charge in [0, 0.05) is 60.6 Å². The zero-order valence-corrected chi connectivity index (χ0v) is 22.2. The molecule has 0 atom stereocenters.